The first-order chi connectivity index (χ1) is 15.0. The number of hydrogen-bond acceptors (Lipinski definition) is 7. The van der Waals surface area contributed by atoms with Gasteiger partial charge in [0.2, 0.25) is 0 Å². The zero-order valence-corrected chi connectivity index (χ0v) is 17.3. The Hall–Kier alpha value is -3.98. The van der Waals surface area contributed by atoms with Crippen molar-refractivity contribution in [2.75, 3.05) is 13.7 Å². The van der Waals surface area contributed by atoms with Gasteiger partial charge in [0.05, 0.1) is 19.9 Å². The Balaban J connectivity index is 1.48. The Morgan fingerprint density at radius 3 is 2.61 bits per heavy atom. The Bertz CT molecular complexity index is 1100. The lowest BCUT2D eigenvalue weighted by atomic mass is 10.2. The maximum atomic E-state index is 12.1. The second-order valence-electron chi connectivity index (χ2n) is 6.15. The molecule has 0 aliphatic carbocycles. The van der Waals surface area contributed by atoms with Gasteiger partial charge in [-0.2, -0.15) is 5.10 Å². The van der Waals surface area contributed by atoms with Gasteiger partial charge in [-0.3, -0.25) is 9.59 Å². The molecule has 0 saturated heterocycles. The zero-order valence-electron chi connectivity index (χ0n) is 16.5. The Morgan fingerprint density at radius 1 is 1.03 bits per heavy atom. The van der Waals surface area contributed by atoms with Gasteiger partial charge >= 0.3 is 5.97 Å². The van der Waals surface area contributed by atoms with E-state index in [2.05, 4.69) is 15.8 Å². The van der Waals surface area contributed by atoms with Crippen LogP contribution in [0.25, 0.3) is 0 Å². The fourth-order valence-electron chi connectivity index (χ4n) is 2.46. The number of amides is 2. The highest BCUT2D eigenvalue weighted by Gasteiger charge is 2.10. The largest absolute Gasteiger partial charge is 0.497 e. The van der Waals surface area contributed by atoms with E-state index in [-0.39, 0.29) is 6.54 Å². The number of methoxy groups -OCH3 is 1. The standard InChI is InChI=1S/C22H19N3O5S/c1-29-17-7-3-6-16(12-17)21(27)23-14-20(26)25-24-13-15-5-2-8-18(11-15)30-22(28)19-9-4-10-31-19/h2-13H,14H2,1H3,(H,23,27)(H,25,26). The molecule has 0 aliphatic rings. The van der Waals surface area contributed by atoms with Crippen molar-refractivity contribution in [2.45, 2.75) is 0 Å². The van der Waals surface area contributed by atoms with Crippen molar-refractivity contribution in [1.82, 2.24) is 10.7 Å². The van der Waals surface area contributed by atoms with Crippen molar-refractivity contribution in [3.05, 3.63) is 82.0 Å². The number of hydrogen-bond donors (Lipinski definition) is 2. The number of ether oxygens (including phenoxy) is 2. The molecule has 9 heteroatoms. The first-order valence-corrected chi connectivity index (χ1v) is 10.0. The number of rotatable bonds is 8. The van der Waals surface area contributed by atoms with Crippen LogP contribution in [0.5, 0.6) is 11.5 Å². The molecule has 0 aliphatic heterocycles. The van der Waals surface area contributed by atoms with E-state index >= 15 is 0 Å². The van der Waals surface area contributed by atoms with Crippen molar-refractivity contribution in [1.29, 1.82) is 0 Å². The Kier molecular flexibility index (Phi) is 7.50. The van der Waals surface area contributed by atoms with Crippen LogP contribution in [0, 0.1) is 0 Å². The van der Waals surface area contributed by atoms with E-state index in [0.717, 1.165) is 0 Å². The molecule has 0 atom stereocenters. The van der Waals surface area contributed by atoms with Crippen molar-refractivity contribution >= 4 is 35.3 Å². The molecule has 3 aromatic rings. The first-order valence-electron chi connectivity index (χ1n) is 9.15. The molecular formula is C22H19N3O5S. The molecule has 0 radical (unpaired) electrons. The van der Waals surface area contributed by atoms with Gasteiger partial charge in [-0.1, -0.05) is 24.3 Å². The molecule has 1 aromatic heterocycles. The number of thiophene rings is 1. The molecule has 0 bridgehead atoms. The molecule has 8 nitrogen and oxygen atoms in total. The normalized spacial score (nSPS) is 10.5. The number of nitrogens with one attached hydrogen (secondary N) is 2. The predicted molar refractivity (Wildman–Crippen MR) is 117 cm³/mol. The highest BCUT2D eigenvalue weighted by molar-refractivity contribution is 7.12. The van der Waals surface area contributed by atoms with E-state index < -0.39 is 17.8 Å². The van der Waals surface area contributed by atoms with Crippen molar-refractivity contribution in [3.63, 3.8) is 0 Å². The van der Waals surface area contributed by atoms with Crippen LogP contribution in [0.4, 0.5) is 0 Å². The average Bonchev–Trinajstić information content (AvgIpc) is 3.33. The predicted octanol–water partition coefficient (Wildman–Crippen LogP) is 2.86. The van der Waals surface area contributed by atoms with Crippen LogP contribution < -0.4 is 20.2 Å². The van der Waals surface area contributed by atoms with Gasteiger partial charge in [0.1, 0.15) is 16.4 Å². The summed E-state index contributed by atoms with van der Waals surface area (Å²) < 4.78 is 10.4. The van der Waals surface area contributed by atoms with E-state index in [1.165, 1.54) is 24.7 Å². The minimum Gasteiger partial charge on any atom is -0.497 e. The molecular weight excluding hydrogens is 418 g/mol. The highest BCUT2D eigenvalue weighted by Crippen LogP contribution is 2.16. The maximum absolute atomic E-state index is 12.1. The minimum atomic E-state index is -0.493. The summed E-state index contributed by atoms with van der Waals surface area (Å²) in [5.74, 6) is -0.431. The summed E-state index contributed by atoms with van der Waals surface area (Å²) >= 11 is 1.29. The van der Waals surface area contributed by atoms with E-state index in [4.69, 9.17) is 9.47 Å². The van der Waals surface area contributed by atoms with Crippen molar-refractivity contribution < 1.29 is 23.9 Å². The number of benzene rings is 2. The van der Waals surface area contributed by atoms with Crippen LogP contribution in [0.2, 0.25) is 0 Å². The smallest absolute Gasteiger partial charge is 0.353 e. The zero-order chi connectivity index (χ0) is 22.1. The third-order valence-corrected chi connectivity index (χ3v) is 4.79. The molecule has 1 heterocycles. The quantitative estimate of drug-likeness (QED) is 0.244. The van der Waals surface area contributed by atoms with Crippen LogP contribution >= 0.6 is 11.3 Å². The molecule has 0 saturated carbocycles. The van der Waals surface area contributed by atoms with Gasteiger partial charge in [0.15, 0.2) is 0 Å². The highest BCUT2D eigenvalue weighted by atomic mass is 32.1. The van der Waals surface area contributed by atoms with Gasteiger partial charge in [-0.05, 0) is 47.3 Å². The molecule has 0 unspecified atom stereocenters. The fourth-order valence-corrected chi connectivity index (χ4v) is 3.05. The maximum Gasteiger partial charge on any atom is 0.353 e. The van der Waals surface area contributed by atoms with Gasteiger partial charge < -0.3 is 14.8 Å². The summed E-state index contributed by atoms with van der Waals surface area (Å²) in [7, 11) is 1.51. The molecule has 0 spiro atoms. The van der Waals surface area contributed by atoms with Crippen LogP contribution in [0.1, 0.15) is 25.6 Å². The van der Waals surface area contributed by atoms with Gasteiger partial charge in [-0.15, -0.1) is 11.3 Å². The number of carbonyl (C=O) groups excluding carboxylic acids is 3. The SMILES string of the molecule is COc1cccc(C(=O)NCC(=O)NN=Cc2cccc(OC(=O)c3cccs3)c2)c1. The Morgan fingerprint density at radius 2 is 1.84 bits per heavy atom. The summed E-state index contributed by atoms with van der Waals surface area (Å²) in [6.07, 6.45) is 1.41. The van der Waals surface area contributed by atoms with Gasteiger partial charge in [-0.25, -0.2) is 10.2 Å². The molecule has 158 valence electrons. The third-order valence-electron chi connectivity index (χ3n) is 3.94. The molecule has 31 heavy (non-hydrogen) atoms. The summed E-state index contributed by atoms with van der Waals surface area (Å²) in [4.78, 5) is 36.5. The molecule has 2 amide bonds. The monoisotopic (exact) mass is 437 g/mol. The third kappa shape index (κ3) is 6.51. The summed E-state index contributed by atoms with van der Waals surface area (Å²) in [5, 5.41) is 8.15. The summed E-state index contributed by atoms with van der Waals surface area (Å²) in [6.45, 7) is -0.244. The average molecular weight is 437 g/mol. The van der Waals surface area contributed by atoms with Crippen LogP contribution in [0.15, 0.2) is 71.1 Å². The van der Waals surface area contributed by atoms with Crippen molar-refractivity contribution in [2.24, 2.45) is 5.10 Å². The van der Waals surface area contributed by atoms with E-state index in [9.17, 15) is 14.4 Å². The van der Waals surface area contributed by atoms with Crippen LogP contribution in [-0.2, 0) is 4.79 Å². The van der Waals surface area contributed by atoms with Gasteiger partial charge in [0.25, 0.3) is 11.8 Å². The fraction of sp³-hybridized carbons (Fsp3) is 0.0909. The van der Waals surface area contributed by atoms with Crippen molar-refractivity contribution in [3.8, 4) is 11.5 Å². The lowest BCUT2D eigenvalue weighted by Gasteiger charge is -2.06. The molecule has 2 aromatic carbocycles. The molecule has 0 fully saturated rings. The molecule has 3 rings (SSSR count). The lowest BCUT2D eigenvalue weighted by molar-refractivity contribution is -0.120. The second kappa shape index (κ2) is 10.7. The van der Waals surface area contributed by atoms with Crippen LogP contribution in [-0.4, -0.2) is 37.7 Å². The number of hydrazone groups is 1. The summed E-state index contributed by atoms with van der Waals surface area (Å²) in [5.41, 5.74) is 3.33. The topological polar surface area (TPSA) is 106 Å². The number of carbonyl (C=O) groups is 3. The summed E-state index contributed by atoms with van der Waals surface area (Å²) in [6, 6.07) is 16.8. The lowest BCUT2D eigenvalue weighted by Crippen LogP contribution is -2.34. The van der Waals surface area contributed by atoms with E-state index in [1.54, 1.807) is 66.0 Å². The number of esters is 1. The molecule has 2 N–H and O–H groups in total. The minimum absolute atomic E-state index is 0.244. The first kappa shape index (κ1) is 21.7. The second-order valence-corrected chi connectivity index (χ2v) is 7.09. The Labute approximate surface area is 182 Å². The number of nitrogens with zero attached hydrogens (tertiary/aromatic N) is 1. The van der Waals surface area contributed by atoms with Gasteiger partial charge in [0, 0.05) is 5.56 Å². The van der Waals surface area contributed by atoms with E-state index in [0.29, 0.717) is 27.5 Å². The van der Waals surface area contributed by atoms with Crippen LogP contribution in [0.3, 0.4) is 0 Å². The van der Waals surface area contributed by atoms with E-state index in [1.807, 2.05) is 0 Å².